The molecule has 4 heteroatoms. The van der Waals surface area contributed by atoms with Gasteiger partial charge in [-0.2, -0.15) is 0 Å². The molecule has 1 atom stereocenters. The summed E-state index contributed by atoms with van der Waals surface area (Å²) in [4.78, 5) is 0.376. The molecule has 0 aliphatic rings. The summed E-state index contributed by atoms with van der Waals surface area (Å²) in [6, 6.07) is 7.03. The Morgan fingerprint density at radius 1 is 1.46 bits per heavy atom. The molecule has 0 heterocycles. The summed E-state index contributed by atoms with van der Waals surface area (Å²) in [7, 11) is 0. The van der Waals surface area contributed by atoms with Crippen LogP contribution in [0.15, 0.2) is 29.2 Å². The molecule has 0 N–H and O–H groups in total. The molecule has 0 fully saturated rings. The molecule has 0 bridgehead atoms. The van der Waals surface area contributed by atoms with Crippen LogP contribution in [0.2, 0.25) is 0 Å². The fraction of sp³-hybridized carbons (Fsp3) is 0.333. The van der Waals surface area contributed by atoms with E-state index in [2.05, 4.69) is 6.92 Å². The third-order valence-electron chi connectivity index (χ3n) is 1.63. The van der Waals surface area contributed by atoms with Gasteiger partial charge in [-0.05, 0) is 35.2 Å². The van der Waals surface area contributed by atoms with Gasteiger partial charge in [-0.1, -0.05) is 25.5 Å². The minimum atomic E-state index is -2.09. The molecule has 0 aliphatic heterocycles. The molecule has 13 heavy (non-hydrogen) atoms. The Morgan fingerprint density at radius 2 is 2.15 bits per heavy atom. The summed E-state index contributed by atoms with van der Waals surface area (Å²) in [6.45, 7) is 2.07. The number of rotatable bonds is 3. The van der Waals surface area contributed by atoms with Crippen LogP contribution in [0.25, 0.3) is 0 Å². The molecule has 0 aromatic heterocycles. The molecule has 2 nitrogen and oxygen atoms in total. The number of benzene rings is 1. The Bertz CT molecular complexity index is 289. The zero-order chi connectivity index (χ0) is 8.97. The predicted molar refractivity (Wildman–Crippen MR) is 47.6 cm³/mol. The van der Waals surface area contributed by atoms with Gasteiger partial charge in [0.2, 0.25) is 0 Å². The first-order valence-electron chi connectivity index (χ1n) is 3.92. The number of hydrogen-bond donors (Lipinski definition) is 0. The second kappa shape index (κ2) is 7.28. The molecule has 66 valence electrons. The Kier molecular flexibility index (Phi) is 7.82. The van der Waals surface area contributed by atoms with Gasteiger partial charge in [-0.15, -0.1) is 0 Å². The fourth-order valence-corrected chi connectivity index (χ4v) is 1.53. The van der Waals surface area contributed by atoms with Crippen molar-refractivity contribution in [3.05, 3.63) is 29.8 Å². The first-order chi connectivity index (χ1) is 5.74. The van der Waals surface area contributed by atoms with Crippen LogP contribution in [0.5, 0.6) is 0 Å². The van der Waals surface area contributed by atoms with E-state index in [-0.39, 0.29) is 51.4 Å². The summed E-state index contributed by atoms with van der Waals surface area (Å²) in [6.07, 6.45) is 1.97. The Labute approximate surface area is 124 Å². The molecule has 1 aromatic carbocycles. The van der Waals surface area contributed by atoms with Crippen molar-refractivity contribution in [2.45, 2.75) is 24.7 Å². The summed E-state index contributed by atoms with van der Waals surface area (Å²) in [5.74, 6) is 0. The molecule has 0 spiro atoms. The van der Waals surface area contributed by atoms with Gasteiger partial charge in [0.1, 0.15) is 0 Å². The third-order valence-corrected chi connectivity index (χ3v) is 2.27. The largest absolute Gasteiger partial charge is 1.00 e. The smallest absolute Gasteiger partial charge is 0.768 e. The third kappa shape index (κ3) is 4.83. The van der Waals surface area contributed by atoms with Crippen LogP contribution < -0.4 is 51.4 Å². The molecule has 1 aromatic rings. The van der Waals surface area contributed by atoms with E-state index >= 15 is 0 Å². The van der Waals surface area contributed by atoms with Gasteiger partial charge in [0.25, 0.3) is 0 Å². The van der Waals surface area contributed by atoms with Crippen molar-refractivity contribution in [1.82, 2.24) is 0 Å². The second-order valence-electron chi connectivity index (χ2n) is 2.63. The molecule has 1 unspecified atom stereocenters. The fourth-order valence-electron chi connectivity index (χ4n) is 1.09. The Hall–Kier alpha value is 0.966. The SMILES string of the molecule is CCCc1cccc(S(=O)[O-])c1.[K+]. The maximum absolute atomic E-state index is 10.6. The summed E-state index contributed by atoms with van der Waals surface area (Å²) in [5.41, 5.74) is 1.08. The van der Waals surface area contributed by atoms with Crippen molar-refractivity contribution < 1.29 is 60.1 Å². The van der Waals surface area contributed by atoms with Crippen LogP contribution in [-0.4, -0.2) is 8.76 Å². The normalized spacial score (nSPS) is 11.8. The molecule has 0 radical (unpaired) electrons. The number of aryl methyl sites for hydroxylation is 1. The van der Waals surface area contributed by atoms with E-state index in [0.29, 0.717) is 4.90 Å². The number of hydrogen-bond acceptors (Lipinski definition) is 2. The first kappa shape index (κ1) is 14.0. The van der Waals surface area contributed by atoms with Gasteiger partial charge in [-0.25, -0.2) is 0 Å². The van der Waals surface area contributed by atoms with Crippen LogP contribution in [0.1, 0.15) is 18.9 Å². The van der Waals surface area contributed by atoms with Crippen LogP contribution in [0.3, 0.4) is 0 Å². The van der Waals surface area contributed by atoms with Gasteiger partial charge in [0.05, 0.1) is 0 Å². The van der Waals surface area contributed by atoms with Gasteiger partial charge in [0, 0.05) is 4.90 Å². The van der Waals surface area contributed by atoms with Gasteiger partial charge in [-0.3, -0.25) is 4.21 Å². The van der Waals surface area contributed by atoms with Gasteiger partial charge >= 0.3 is 51.4 Å². The van der Waals surface area contributed by atoms with E-state index in [0.717, 1.165) is 18.4 Å². The van der Waals surface area contributed by atoms with Crippen molar-refractivity contribution in [3.63, 3.8) is 0 Å². The maximum Gasteiger partial charge on any atom is 1.00 e. The molecule has 1 rings (SSSR count). The van der Waals surface area contributed by atoms with E-state index < -0.39 is 11.1 Å². The van der Waals surface area contributed by atoms with Crippen molar-refractivity contribution in [2.75, 3.05) is 0 Å². The van der Waals surface area contributed by atoms with E-state index in [1.807, 2.05) is 6.07 Å². The topological polar surface area (TPSA) is 40.1 Å². The van der Waals surface area contributed by atoms with Crippen LogP contribution in [0.4, 0.5) is 0 Å². The molecule has 0 amide bonds. The maximum atomic E-state index is 10.6. The van der Waals surface area contributed by atoms with Crippen molar-refractivity contribution in [1.29, 1.82) is 0 Å². The van der Waals surface area contributed by atoms with Crippen LogP contribution in [-0.2, 0) is 17.5 Å². The zero-order valence-corrected chi connectivity index (χ0v) is 11.9. The minimum absolute atomic E-state index is 0. The van der Waals surface area contributed by atoms with Gasteiger partial charge < -0.3 is 4.55 Å². The Balaban J connectivity index is 0.00000144. The van der Waals surface area contributed by atoms with Crippen molar-refractivity contribution >= 4 is 11.1 Å². The van der Waals surface area contributed by atoms with Gasteiger partial charge in [0.15, 0.2) is 0 Å². The molecule has 0 aliphatic carbocycles. The quantitative estimate of drug-likeness (QED) is 0.480. The average molecular weight is 222 g/mol. The molecular formula is C9H11KO2S. The zero-order valence-electron chi connectivity index (χ0n) is 7.95. The minimum Gasteiger partial charge on any atom is -0.768 e. The predicted octanol–water partition coefficient (Wildman–Crippen LogP) is -1.12. The van der Waals surface area contributed by atoms with E-state index in [1.54, 1.807) is 18.2 Å². The molecule has 0 saturated carbocycles. The van der Waals surface area contributed by atoms with E-state index in [4.69, 9.17) is 0 Å². The molecule has 0 saturated heterocycles. The summed E-state index contributed by atoms with van der Waals surface area (Å²) >= 11 is -2.09. The summed E-state index contributed by atoms with van der Waals surface area (Å²) in [5, 5.41) is 0. The van der Waals surface area contributed by atoms with Crippen molar-refractivity contribution in [3.8, 4) is 0 Å². The van der Waals surface area contributed by atoms with Crippen molar-refractivity contribution in [2.24, 2.45) is 0 Å². The monoisotopic (exact) mass is 222 g/mol. The van der Waals surface area contributed by atoms with Crippen LogP contribution >= 0.6 is 0 Å². The Morgan fingerprint density at radius 3 is 2.69 bits per heavy atom. The van der Waals surface area contributed by atoms with Crippen LogP contribution in [0, 0.1) is 0 Å². The summed E-state index contributed by atoms with van der Waals surface area (Å²) < 4.78 is 21.1. The second-order valence-corrected chi connectivity index (χ2v) is 3.57. The standard InChI is InChI=1S/C9H12O2S.K/c1-2-4-8-5-3-6-9(7-8)12(10)11;/h3,5-7H,2,4H2,1H3,(H,10,11);/q;+1/p-1. The first-order valence-corrected chi connectivity index (χ1v) is 4.99. The van der Waals surface area contributed by atoms with E-state index in [9.17, 15) is 8.76 Å². The average Bonchev–Trinajstić information content (AvgIpc) is 2.05. The molecular weight excluding hydrogens is 211 g/mol. The van der Waals surface area contributed by atoms with E-state index in [1.165, 1.54) is 0 Å².